The predicted octanol–water partition coefficient (Wildman–Crippen LogP) is 2.99. The van der Waals surface area contributed by atoms with Gasteiger partial charge in [-0.3, -0.25) is 0 Å². The maximum absolute atomic E-state index is 6.00. The average molecular weight is 278 g/mol. The molecule has 0 atom stereocenters. The molecule has 2 aromatic rings. The van der Waals surface area contributed by atoms with Crippen molar-refractivity contribution in [3.63, 3.8) is 0 Å². The van der Waals surface area contributed by atoms with Crippen LogP contribution in [-0.2, 0) is 6.42 Å². The fourth-order valence-corrected chi connectivity index (χ4v) is 2.13. The van der Waals surface area contributed by atoms with Crippen molar-refractivity contribution in [1.82, 2.24) is 15.5 Å². The van der Waals surface area contributed by atoms with E-state index < -0.39 is 0 Å². The first-order chi connectivity index (χ1) is 9.22. The number of hydrogen-bond donors (Lipinski definition) is 1. The molecule has 3 rings (SSSR count). The molecule has 1 aliphatic rings. The van der Waals surface area contributed by atoms with Crippen LogP contribution in [0.4, 0.5) is 0 Å². The molecule has 4 nitrogen and oxygen atoms in total. The minimum Gasteiger partial charge on any atom is -0.421 e. The molecule has 0 spiro atoms. The van der Waals surface area contributed by atoms with Gasteiger partial charge in [-0.25, -0.2) is 0 Å². The molecule has 19 heavy (non-hydrogen) atoms. The molecule has 5 heteroatoms. The van der Waals surface area contributed by atoms with E-state index in [4.69, 9.17) is 16.0 Å². The van der Waals surface area contributed by atoms with E-state index in [0.29, 0.717) is 22.8 Å². The molecule has 1 aliphatic carbocycles. The van der Waals surface area contributed by atoms with Crippen molar-refractivity contribution in [3.05, 3.63) is 34.7 Å². The summed E-state index contributed by atoms with van der Waals surface area (Å²) >= 11 is 6.00. The number of halogens is 1. The summed E-state index contributed by atoms with van der Waals surface area (Å²) in [6.07, 6.45) is 3.34. The van der Waals surface area contributed by atoms with Crippen LogP contribution >= 0.6 is 11.6 Å². The van der Waals surface area contributed by atoms with Gasteiger partial charge < -0.3 is 9.73 Å². The number of nitrogens with zero attached hydrogens (tertiary/aromatic N) is 2. The monoisotopic (exact) mass is 277 g/mol. The Kier molecular flexibility index (Phi) is 3.53. The van der Waals surface area contributed by atoms with E-state index in [1.54, 1.807) is 0 Å². The fourth-order valence-electron chi connectivity index (χ4n) is 1.96. The van der Waals surface area contributed by atoms with E-state index in [1.165, 1.54) is 12.8 Å². The molecule has 1 fully saturated rings. The van der Waals surface area contributed by atoms with Crippen LogP contribution in [0.3, 0.4) is 0 Å². The van der Waals surface area contributed by atoms with Crippen LogP contribution in [0.15, 0.2) is 22.6 Å². The number of aromatic nitrogens is 2. The van der Waals surface area contributed by atoms with Crippen molar-refractivity contribution in [2.75, 3.05) is 6.54 Å². The molecule has 0 radical (unpaired) electrons. The lowest BCUT2D eigenvalue weighted by Gasteiger charge is -2.01. The van der Waals surface area contributed by atoms with Crippen LogP contribution in [0.25, 0.3) is 11.5 Å². The summed E-state index contributed by atoms with van der Waals surface area (Å²) in [6, 6.07) is 6.38. The summed E-state index contributed by atoms with van der Waals surface area (Å²) in [4.78, 5) is 0. The van der Waals surface area contributed by atoms with Gasteiger partial charge in [-0.1, -0.05) is 17.7 Å². The molecule has 1 aromatic carbocycles. The zero-order valence-corrected chi connectivity index (χ0v) is 11.6. The number of hydrogen-bond acceptors (Lipinski definition) is 4. The SMILES string of the molecule is Cc1ccc(Cl)cc1-c1nnc(CCNC2CC2)o1. The van der Waals surface area contributed by atoms with Gasteiger partial charge in [-0.15, -0.1) is 10.2 Å². The smallest absolute Gasteiger partial charge is 0.248 e. The Balaban J connectivity index is 1.70. The Morgan fingerprint density at radius 1 is 1.37 bits per heavy atom. The molecule has 100 valence electrons. The third-order valence-corrected chi connectivity index (χ3v) is 3.48. The first kappa shape index (κ1) is 12.6. The summed E-state index contributed by atoms with van der Waals surface area (Å²) in [6.45, 7) is 2.89. The number of aryl methyl sites for hydroxylation is 1. The molecule has 0 aliphatic heterocycles. The van der Waals surface area contributed by atoms with Crippen molar-refractivity contribution in [2.45, 2.75) is 32.2 Å². The third kappa shape index (κ3) is 3.14. The maximum Gasteiger partial charge on any atom is 0.248 e. The second-order valence-electron chi connectivity index (χ2n) is 4.94. The standard InChI is InChI=1S/C14H16ClN3O/c1-9-2-3-10(15)8-12(9)14-18-17-13(19-14)6-7-16-11-4-5-11/h2-3,8,11,16H,4-7H2,1H3. The van der Waals surface area contributed by atoms with Crippen molar-refractivity contribution in [3.8, 4) is 11.5 Å². The number of benzene rings is 1. The van der Waals surface area contributed by atoms with E-state index in [9.17, 15) is 0 Å². The van der Waals surface area contributed by atoms with Crippen molar-refractivity contribution < 1.29 is 4.42 Å². The van der Waals surface area contributed by atoms with Gasteiger partial charge in [-0.05, 0) is 37.5 Å². The Hall–Kier alpha value is -1.39. The molecule has 0 unspecified atom stereocenters. The quantitative estimate of drug-likeness (QED) is 0.913. The fraction of sp³-hybridized carbons (Fsp3) is 0.429. The van der Waals surface area contributed by atoms with Gasteiger partial charge >= 0.3 is 0 Å². The molecular formula is C14H16ClN3O. The molecule has 1 heterocycles. The zero-order valence-electron chi connectivity index (χ0n) is 10.8. The molecular weight excluding hydrogens is 262 g/mol. The van der Waals surface area contributed by atoms with Gasteiger partial charge in [0.2, 0.25) is 11.8 Å². The second kappa shape index (κ2) is 5.31. The van der Waals surface area contributed by atoms with Crippen molar-refractivity contribution in [2.24, 2.45) is 0 Å². The van der Waals surface area contributed by atoms with Crippen LogP contribution in [0.5, 0.6) is 0 Å². The first-order valence-corrected chi connectivity index (χ1v) is 6.92. The second-order valence-corrected chi connectivity index (χ2v) is 5.38. The summed E-state index contributed by atoms with van der Waals surface area (Å²) < 4.78 is 5.69. The minimum absolute atomic E-state index is 0.543. The molecule has 0 saturated heterocycles. The van der Waals surface area contributed by atoms with Gasteiger partial charge in [0.25, 0.3) is 0 Å². The topological polar surface area (TPSA) is 51.0 Å². The number of rotatable bonds is 5. The molecule has 0 amide bonds. The van der Waals surface area contributed by atoms with Crippen molar-refractivity contribution in [1.29, 1.82) is 0 Å². The van der Waals surface area contributed by atoms with E-state index >= 15 is 0 Å². The van der Waals surface area contributed by atoms with Gasteiger partial charge in [0.05, 0.1) is 0 Å². The van der Waals surface area contributed by atoms with Crippen LogP contribution in [-0.4, -0.2) is 22.8 Å². The van der Waals surface area contributed by atoms with Crippen LogP contribution in [0.2, 0.25) is 5.02 Å². The molecule has 0 bridgehead atoms. The lowest BCUT2D eigenvalue weighted by atomic mass is 10.1. The summed E-state index contributed by atoms with van der Waals surface area (Å²) in [5.74, 6) is 1.21. The Morgan fingerprint density at radius 3 is 3.00 bits per heavy atom. The molecule has 1 aromatic heterocycles. The third-order valence-electron chi connectivity index (χ3n) is 3.25. The zero-order chi connectivity index (χ0) is 13.2. The Bertz CT molecular complexity index is 578. The highest BCUT2D eigenvalue weighted by Crippen LogP contribution is 2.25. The van der Waals surface area contributed by atoms with Gasteiger partial charge in [0, 0.05) is 29.6 Å². The number of nitrogens with one attached hydrogen (secondary N) is 1. The van der Waals surface area contributed by atoms with E-state index in [2.05, 4.69) is 15.5 Å². The van der Waals surface area contributed by atoms with Gasteiger partial charge in [0.15, 0.2) is 0 Å². The van der Waals surface area contributed by atoms with Crippen LogP contribution < -0.4 is 5.32 Å². The normalized spacial score (nSPS) is 14.8. The maximum atomic E-state index is 6.00. The lowest BCUT2D eigenvalue weighted by Crippen LogP contribution is -2.19. The minimum atomic E-state index is 0.543. The molecule has 1 saturated carbocycles. The Labute approximate surface area is 117 Å². The summed E-state index contributed by atoms with van der Waals surface area (Å²) in [7, 11) is 0. The Morgan fingerprint density at radius 2 is 2.21 bits per heavy atom. The molecule has 1 N–H and O–H groups in total. The van der Waals surface area contributed by atoms with Gasteiger partial charge in [-0.2, -0.15) is 0 Å². The van der Waals surface area contributed by atoms with Crippen LogP contribution in [0, 0.1) is 6.92 Å². The summed E-state index contributed by atoms with van der Waals surface area (Å²) in [5, 5.41) is 12.3. The van der Waals surface area contributed by atoms with Crippen LogP contribution in [0.1, 0.15) is 24.3 Å². The summed E-state index contributed by atoms with van der Waals surface area (Å²) in [5.41, 5.74) is 1.98. The van der Waals surface area contributed by atoms with E-state index in [1.807, 2.05) is 25.1 Å². The first-order valence-electron chi connectivity index (χ1n) is 6.54. The predicted molar refractivity (Wildman–Crippen MR) is 74.2 cm³/mol. The average Bonchev–Trinajstić information content (AvgIpc) is 3.10. The van der Waals surface area contributed by atoms with E-state index in [-0.39, 0.29) is 0 Å². The van der Waals surface area contributed by atoms with Crippen molar-refractivity contribution >= 4 is 11.6 Å². The highest BCUT2D eigenvalue weighted by Gasteiger charge is 2.20. The van der Waals surface area contributed by atoms with Gasteiger partial charge in [0.1, 0.15) is 0 Å². The highest BCUT2D eigenvalue weighted by molar-refractivity contribution is 6.30. The van der Waals surface area contributed by atoms with E-state index in [0.717, 1.165) is 24.1 Å². The largest absolute Gasteiger partial charge is 0.421 e. The lowest BCUT2D eigenvalue weighted by molar-refractivity contribution is 0.494. The highest BCUT2D eigenvalue weighted by atomic mass is 35.5.